The van der Waals surface area contributed by atoms with Crippen LogP contribution in [0.5, 0.6) is 0 Å². The van der Waals surface area contributed by atoms with Crippen LogP contribution in [0.25, 0.3) is 93.6 Å². The Bertz CT molecular complexity index is 3760. The maximum absolute atomic E-state index is 7.25. The Kier molecular flexibility index (Phi) is 9.56. The minimum Gasteiger partial charge on any atom is -0.456 e. The van der Waals surface area contributed by atoms with Crippen molar-refractivity contribution < 1.29 is 8.83 Å². The van der Waals surface area contributed by atoms with Crippen molar-refractivity contribution in [2.45, 2.75) is 0 Å². The minimum atomic E-state index is -0.116. The zero-order chi connectivity index (χ0) is 45.1. The molecule has 10 aromatic rings. The van der Waals surface area contributed by atoms with Crippen LogP contribution in [0.3, 0.4) is 0 Å². The number of furan rings is 2. The number of hydrogen-bond acceptors (Lipinski definition) is 2. The molecular weight excluding hydrogens is 745 g/mol. The molecule has 0 N–H and O–H groups in total. The van der Waals surface area contributed by atoms with Crippen LogP contribution in [0.1, 0.15) is 0 Å². The molecule has 0 spiro atoms. The average Bonchev–Trinajstić information content (AvgIpc) is 3.96. The monoisotopic (exact) mass is 755 g/mol. The van der Waals surface area contributed by atoms with Crippen molar-refractivity contribution in [2.24, 2.45) is 0 Å². The van der Waals surface area contributed by atoms with E-state index in [0.29, 0.717) is 22.3 Å². The first-order valence-corrected chi connectivity index (χ1v) is 19.0. The van der Waals surface area contributed by atoms with Crippen molar-refractivity contribution in [1.82, 2.24) is 4.57 Å². The second kappa shape index (κ2) is 14.3. The third-order valence-electron chi connectivity index (χ3n) is 12.3. The quantitative estimate of drug-likeness (QED) is 0.168. The van der Waals surface area contributed by atoms with Crippen LogP contribution < -0.4 is 98.3 Å². The van der Waals surface area contributed by atoms with Gasteiger partial charge >= 0.3 is 0 Å². The summed E-state index contributed by atoms with van der Waals surface area (Å²) in [5, 5.41) is 2.50. The normalized spacial score (nSPS) is 12.0. The van der Waals surface area contributed by atoms with Gasteiger partial charge < -0.3 is 13.4 Å². The highest BCUT2D eigenvalue weighted by atomic mass is 16.3. The van der Waals surface area contributed by atoms with E-state index in [1.54, 1.807) is 6.07 Å². The van der Waals surface area contributed by atoms with Crippen LogP contribution in [-0.2, 0) is 0 Å². The van der Waals surface area contributed by atoms with E-state index in [-0.39, 0.29) is 159 Å². The molecule has 7 aromatic carbocycles. The van der Waals surface area contributed by atoms with E-state index in [1.807, 2.05) is 36.4 Å². The van der Waals surface area contributed by atoms with Gasteiger partial charge in [0.15, 0.2) is 0 Å². The molecule has 0 saturated heterocycles. The van der Waals surface area contributed by atoms with Gasteiger partial charge in [0.1, 0.15) is 164 Å². The summed E-state index contributed by atoms with van der Waals surface area (Å²) >= 11 is 0. The Morgan fingerprint density at radius 1 is 0.317 bits per heavy atom. The average molecular weight is 752 g/mol. The summed E-state index contributed by atoms with van der Waals surface area (Å²) in [6.07, 6.45) is 0. The van der Waals surface area contributed by atoms with Crippen LogP contribution in [0, 0.1) is 0 Å². The van der Waals surface area contributed by atoms with Gasteiger partial charge in [0, 0.05) is 49.2 Å². The van der Waals surface area contributed by atoms with E-state index in [2.05, 4.69) is 0 Å². The molecular formula is C42H7B18NO2. The molecule has 3 aromatic heterocycles. The van der Waals surface area contributed by atoms with Crippen molar-refractivity contribution >= 4 is 305 Å². The number of hydrogen-bond donors (Lipinski definition) is 0. The molecule has 246 valence electrons. The molecule has 0 atom stereocenters. The van der Waals surface area contributed by atoms with E-state index in [4.69, 9.17) is 150 Å². The molecule has 0 unspecified atom stereocenters. The molecule has 0 bridgehead atoms. The third-order valence-corrected chi connectivity index (χ3v) is 12.3. The first-order chi connectivity index (χ1) is 29.8. The second-order valence-electron chi connectivity index (χ2n) is 15.5. The van der Waals surface area contributed by atoms with Gasteiger partial charge in [-0.3, -0.25) is 0 Å². The van der Waals surface area contributed by atoms with E-state index < -0.39 is 0 Å². The van der Waals surface area contributed by atoms with Crippen molar-refractivity contribution in [3.63, 3.8) is 0 Å². The van der Waals surface area contributed by atoms with Crippen LogP contribution in [0.2, 0.25) is 0 Å². The lowest BCUT2D eigenvalue weighted by Gasteiger charge is -2.27. The number of rotatable bonds is 3. The molecule has 10 rings (SSSR count). The summed E-state index contributed by atoms with van der Waals surface area (Å²) in [7, 11) is 121. The summed E-state index contributed by atoms with van der Waals surface area (Å²) in [5.41, 5.74) is 2.41. The van der Waals surface area contributed by atoms with E-state index >= 15 is 0 Å². The van der Waals surface area contributed by atoms with Crippen LogP contribution >= 0.6 is 0 Å². The van der Waals surface area contributed by atoms with Gasteiger partial charge in [-0.25, -0.2) is 0 Å². The Labute approximate surface area is 386 Å². The Morgan fingerprint density at radius 2 is 0.778 bits per heavy atom. The maximum atomic E-state index is 7.25. The van der Waals surface area contributed by atoms with Crippen LogP contribution in [0.4, 0.5) is 0 Å². The van der Waals surface area contributed by atoms with Gasteiger partial charge in [0.25, 0.3) is 0 Å². The predicted molar refractivity (Wildman–Crippen MR) is 283 cm³/mol. The van der Waals surface area contributed by atoms with Gasteiger partial charge in [-0.1, -0.05) is 95.3 Å². The molecule has 0 aliphatic heterocycles. The fourth-order valence-corrected chi connectivity index (χ4v) is 9.08. The van der Waals surface area contributed by atoms with E-state index in [1.165, 1.54) is 4.57 Å². The Morgan fingerprint density at radius 3 is 1.41 bits per heavy atom. The molecule has 0 fully saturated rings. The van der Waals surface area contributed by atoms with Gasteiger partial charge in [0.2, 0.25) is 0 Å². The Hall–Kier alpha value is -4.89. The van der Waals surface area contributed by atoms with Crippen molar-refractivity contribution in [3.8, 4) is 27.9 Å². The fourth-order valence-electron chi connectivity index (χ4n) is 9.08. The highest BCUT2D eigenvalue weighted by Crippen LogP contribution is 2.35. The highest BCUT2D eigenvalue weighted by molar-refractivity contribution is 6.73. The number of para-hydroxylation sites is 1. The standard InChI is InChI=1S/C42H7B18NO2/c43-20-14(17-25(48)28(51)26(49)18-19-27(50)30(53)32(55)37(60)42(19)63-41(17)18)23(46)33(56)38-15(20)16-24(47)29(52)31(54)36(59)39(16)61(38)40-34(57)21(44)13(22(45)35(40)58)8-5-6-12-10(7-8)9-3-1-2-4-11(9)62-12/h1-7H. The van der Waals surface area contributed by atoms with E-state index in [9.17, 15) is 0 Å². The zero-order valence-corrected chi connectivity index (χ0v) is 33.2. The molecule has 3 nitrogen and oxygen atoms in total. The van der Waals surface area contributed by atoms with Gasteiger partial charge in [-0.2, -0.15) is 0 Å². The van der Waals surface area contributed by atoms with Crippen molar-refractivity contribution in [1.29, 1.82) is 0 Å². The molecule has 36 radical (unpaired) electrons. The smallest absolute Gasteiger partial charge is 0.141 e. The van der Waals surface area contributed by atoms with Gasteiger partial charge in [-0.05, 0) is 40.3 Å². The summed E-state index contributed by atoms with van der Waals surface area (Å²) in [6, 6.07) is 13.1. The molecule has 0 aliphatic carbocycles. The zero-order valence-electron chi connectivity index (χ0n) is 33.2. The molecule has 3 heterocycles. The highest BCUT2D eigenvalue weighted by Gasteiger charge is 2.29. The predicted octanol–water partition coefficient (Wildman–Crippen LogP) is -9.80. The first-order valence-electron chi connectivity index (χ1n) is 19.0. The summed E-state index contributed by atoms with van der Waals surface area (Å²) in [6.45, 7) is 0. The van der Waals surface area contributed by atoms with Gasteiger partial charge in [-0.15, -0.1) is 27.3 Å². The second-order valence-corrected chi connectivity index (χ2v) is 15.5. The maximum Gasteiger partial charge on any atom is 0.141 e. The van der Waals surface area contributed by atoms with E-state index in [0.717, 1.165) is 10.8 Å². The lowest BCUT2D eigenvalue weighted by atomic mass is 9.62. The van der Waals surface area contributed by atoms with Gasteiger partial charge in [0.05, 0.1) is 0 Å². The SMILES string of the molecule is [B]c1c([B])c(-n2c3c([B])c([B])c([B])c([B])c3c3c([B])c(-c4c([B])c([B])c([B])c5c4oc4c([B])c([B])c([B])c([B])c45)c([B])c([B])c32)c([B])c([B])c1-c1ccc2oc3ccccc3c2c1. The number of nitrogens with zero attached hydrogens (tertiary/aromatic N) is 1. The fraction of sp³-hybridized carbons (Fsp3) is 0. The van der Waals surface area contributed by atoms with Crippen LogP contribution in [-0.4, -0.2) is 146 Å². The van der Waals surface area contributed by atoms with Crippen LogP contribution in [0.15, 0.2) is 51.3 Å². The Balaban J connectivity index is 1.34. The van der Waals surface area contributed by atoms with Crippen molar-refractivity contribution in [2.75, 3.05) is 0 Å². The molecule has 63 heavy (non-hydrogen) atoms. The van der Waals surface area contributed by atoms with Crippen molar-refractivity contribution in [3.05, 3.63) is 42.5 Å². The molecule has 0 saturated carbocycles. The molecule has 21 heteroatoms. The molecule has 0 amide bonds. The number of benzene rings is 7. The lowest BCUT2D eigenvalue weighted by molar-refractivity contribution is 0.669. The minimum absolute atomic E-state index is 0.00183. The number of aromatic nitrogens is 1. The summed E-state index contributed by atoms with van der Waals surface area (Å²) in [5.74, 6) is 0. The largest absolute Gasteiger partial charge is 0.456 e. The first kappa shape index (κ1) is 42.1. The lowest BCUT2D eigenvalue weighted by Crippen LogP contribution is -2.49. The summed E-state index contributed by atoms with van der Waals surface area (Å²) < 4.78 is 13.9. The number of fused-ring (bicyclic) bond motifs is 9. The third kappa shape index (κ3) is 5.41. The summed E-state index contributed by atoms with van der Waals surface area (Å²) in [4.78, 5) is 0. The molecule has 0 aliphatic rings. The topological polar surface area (TPSA) is 31.2 Å².